The normalized spacial score (nSPS) is 12.0. The van der Waals surface area contributed by atoms with E-state index in [1.54, 1.807) is 19.1 Å². The first-order valence-corrected chi connectivity index (χ1v) is 6.64. The fourth-order valence-electron chi connectivity index (χ4n) is 1.68. The molecule has 0 aliphatic heterocycles. The van der Waals surface area contributed by atoms with Crippen LogP contribution >= 0.6 is 15.9 Å². The van der Waals surface area contributed by atoms with E-state index >= 15 is 0 Å². The monoisotopic (exact) mass is 340 g/mol. The van der Waals surface area contributed by atoms with Crippen LogP contribution in [0.1, 0.15) is 29.0 Å². The van der Waals surface area contributed by atoms with E-state index in [9.17, 15) is 13.6 Å². The molecule has 6 heteroatoms. The highest BCUT2D eigenvalue weighted by Crippen LogP contribution is 2.18. The van der Waals surface area contributed by atoms with Gasteiger partial charge in [0.1, 0.15) is 5.69 Å². The molecule has 1 heterocycles. The molecule has 1 N–H and O–H groups in total. The third kappa shape index (κ3) is 3.19. The lowest BCUT2D eigenvalue weighted by atomic mass is 10.1. The molecule has 0 fully saturated rings. The number of hydrogen-bond acceptors (Lipinski definition) is 2. The number of rotatable bonds is 3. The van der Waals surface area contributed by atoms with Crippen LogP contribution in [0.15, 0.2) is 41.0 Å². The number of pyridine rings is 1. The minimum Gasteiger partial charge on any atom is -0.344 e. The number of aromatic nitrogens is 1. The topological polar surface area (TPSA) is 42.0 Å². The highest BCUT2D eigenvalue weighted by atomic mass is 79.9. The number of nitrogens with zero attached hydrogens (tertiary/aromatic N) is 1. The van der Waals surface area contributed by atoms with Gasteiger partial charge in [-0.15, -0.1) is 0 Å². The van der Waals surface area contributed by atoms with Crippen LogP contribution < -0.4 is 5.32 Å². The highest BCUT2D eigenvalue weighted by molar-refractivity contribution is 9.10. The number of amides is 1. The molecular formula is C14H11BrF2N2O. The Morgan fingerprint density at radius 2 is 2.05 bits per heavy atom. The maximum absolute atomic E-state index is 13.2. The molecule has 0 aliphatic carbocycles. The molecule has 0 bridgehead atoms. The van der Waals surface area contributed by atoms with Gasteiger partial charge in [0, 0.05) is 10.7 Å². The van der Waals surface area contributed by atoms with Crippen LogP contribution in [0.25, 0.3) is 0 Å². The van der Waals surface area contributed by atoms with E-state index < -0.39 is 23.6 Å². The van der Waals surface area contributed by atoms with Crippen molar-refractivity contribution in [1.29, 1.82) is 0 Å². The van der Waals surface area contributed by atoms with E-state index in [4.69, 9.17) is 0 Å². The maximum Gasteiger partial charge on any atom is 0.271 e. The summed E-state index contributed by atoms with van der Waals surface area (Å²) in [5.41, 5.74) is 0.714. The summed E-state index contributed by atoms with van der Waals surface area (Å²) in [6.45, 7) is 1.68. The number of halogens is 3. The predicted octanol–water partition coefficient (Wildman–Crippen LogP) is 3.61. The molecule has 104 valence electrons. The molecule has 0 spiro atoms. The molecular weight excluding hydrogens is 330 g/mol. The van der Waals surface area contributed by atoms with Gasteiger partial charge in [-0.1, -0.05) is 6.07 Å². The zero-order valence-electron chi connectivity index (χ0n) is 10.5. The van der Waals surface area contributed by atoms with Crippen molar-refractivity contribution < 1.29 is 13.6 Å². The van der Waals surface area contributed by atoms with Gasteiger partial charge in [0.15, 0.2) is 11.6 Å². The van der Waals surface area contributed by atoms with E-state index in [1.807, 2.05) is 0 Å². The fraction of sp³-hybridized carbons (Fsp3) is 0.143. The standard InChI is InChI=1S/C14H11BrF2N2O/c1-8(9-4-5-11(16)12(17)7-9)19-14(20)13-10(15)3-2-6-18-13/h2-8H,1H3,(H,19,20). The first-order chi connectivity index (χ1) is 9.49. The van der Waals surface area contributed by atoms with E-state index in [0.29, 0.717) is 10.0 Å². The Morgan fingerprint density at radius 1 is 1.30 bits per heavy atom. The minimum atomic E-state index is -0.942. The Morgan fingerprint density at radius 3 is 2.70 bits per heavy atom. The summed E-state index contributed by atoms with van der Waals surface area (Å²) in [5, 5.41) is 2.68. The Kier molecular flexibility index (Phi) is 4.44. The van der Waals surface area contributed by atoms with Gasteiger partial charge >= 0.3 is 0 Å². The summed E-state index contributed by atoms with van der Waals surface area (Å²) in [7, 11) is 0. The van der Waals surface area contributed by atoms with Crippen LogP contribution in [-0.2, 0) is 0 Å². The van der Waals surface area contributed by atoms with Gasteiger partial charge < -0.3 is 5.32 Å². The highest BCUT2D eigenvalue weighted by Gasteiger charge is 2.16. The molecule has 1 aromatic carbocycles. The molecule has 1 atom stereocenters. The van der Waals surface area contributed by atoms with Gasteiger partial charge in [0.25, 0.3) is 5.91 Å². The average molecular weight is 341 g/mol. The van der Waals surface area contributed by atoms with E-state index in [-0.39, 0.29) is 5.69 Å². The molecule has 2 aromatic rings. The number of benzene rings is 1. The van der Waals surface area contributed by atoms with Crippen LogP contribution in [0.5, 0.6) is 0 Å². The first-order valence-electron chi connectivity index (χ1n) is 5.85. The van der Waals surface area contributed by atoms with Crippen molar-refractivity contribution in [2.45, 2.75) is 13.0 Å². The second kappa shape index (κ2) is 6.09. The summed E-state index contributed by atoms with van der Waals surface area (Å²) in [6, 6.07) is 6.45. The van der Waals surface area contributed by atoms with Crippen LogP contribution in [0.2, 0.25) is 0 Å². The predicted molar refractivity (Wildman–Crippen MR) is 74.2 cm³/mol. The smallest absolute Gasteiger partial charge is 0.271 e. The van der Waals surface area contributed by atoms with Gasteiger partial charge in [-0.05, 0) is 52.7 Å². The average Bonchev–Trinajstić information content (AvgIpc) is 2.42. The van der Waals surface area contributed by atoms with Gasteiger partial charge in [0.05, 0.1) is 6.04 Å². The zero-order valence-corrected chi connectivity index (χ0v) is 12.1. The van der Waals surface area contributed by atoms with Crippen LogP contribution in [0, 0.1) is 11.6 Å². The lowest BCUT2D eigenvalue weighted by Gasteiger charge is -2.14. The third-order valence-electron chi connectivity index (χ3n) is 2.76. The quantitative estimate of drug-likeness (QED) is 0.927. The molecule has 1 unspecified atom stereocenters. The number of hydrogen-bond donors (Lipinski definition) is 1. The van der Waals surface area contributed by atoms with E-state index in [2.05, 4.69) is 26.2 Å². The molecule has 0 saturated heterocycles. The summed E-state index contributed by atoms with van der Waals surface area (Å²) in [5.74, 6) is -2.25. The molecule has 3 nitrogen and oxygen atoms in total. The lowest BCUT2D eigenvalue weighted by Crippen LogP contribution is -2.27. The molecule has 20 heavy (non-hydrogen) atoms. The van der Waals surface area contributed by atoms with Gasteiger partial charge in [0.2, 0.25) is 0 Å². The Balaban J connectivity index is 2.15. The van der Waals surface area contributed by atoms with Crippen LogP contribution in [0.3, 0.4) is 0 Å². The molecule has 1 aromatic heterocycles. The number of carbonyl (C=O) groups excluding carboxylic acids is 1. The second-order valence-corrected chi connectivity index (χ2v) is 5.06. The molecule has 0 saturated carbocycles. The van der Waals surface area contributed by atoms with Crippen molar-refractivity contribution in [3.05, 3.63) is 63.9 Å². The van der Waals surface area contributed by atoms with E-state index in [0.717, 1.165) is 12.1 Å². The van der Waals surface area contributed by atoms with Gasteiger partial charge in [-0.3, -0.25) is 4.79 Å². The summed E-state index contributed by atoms with van der Waals surface area (Å²) >= 11 is 3.23. The van der Waals surface area contributed by atoms with Gasteiger partial charge in [-0.2, -0.15) is 0 Å². The van der Waals surface area contributed by atoms with E-state index in [1.165, 1.54) is 12.3 Å². The van der Waals surface area contributed by atoms with Crippen molar-refractivity contribution in [1.82, 2.24) is 10.3 Å². The fourth-order valence-corrected chi connectivity index (χ4v) is 2.12. The zero-order chi connectivity index (χ0) is 14.7. The summed E-state index contributed by atoms with van der Waals surface area (Å²) < 4.78 is 26.6. The Labute approximate surface area is 123 Å². The summed E-state index contributed by atoms with van der Waals surface area (Å²) in [4.78, 5) is 16.0. The maximum atomic E-state index is 13.2. The SMILES string of the molecule is CC(NC(=O)c1ncccc1Br)c1ccc(F)c(F)c1. The van der Waals surface area contributed by atoms with Crippen molar-refractivity contribution in [2.75, 3.05) is 0 Å². The van der Waals surface area contributed by atoms with Crippen molar-refractivity contribution in [2.24, 2.45) is 0 Å². The lowest BCUT2D eigenvalue weighted by molar-refractivity contribution is 0.0934. The molecule has 0 radical (unpaired) electrons. The minimum absolute atomic E-state index is 0.238. The molecule has 1 amide bonds. The number of nitrogens with one attached hydrogen (secondary N) is 1. The van der Waals surface area contributed by atoms with Crippen molar-refractivity contribution in [3.8, 4) is 0 Å². The second-order valence-electron chi connectivity index (χ2n) is 4.20. The Hall–Kier alpha value is -1.82. The largest absolute Gasteiger partial charge is 0.344 e. The number of carbonyl (C=O) groups is 1. The Bertz CT molecular complexity index is 649. The third-order valence-corrected chi connectivity index (χ3v) is 3.40. The molecule has 0 aliphatic rings. The van der Waals surface area contributed by atoms with Crippen LogP contribution in [-0.4, -0.2) is 10.9 Å². The van der Waals surface area contributed by atoms with Gasteiger partial charge in [-0.25, -0.2) is 13.8 Å². The van der Waals surface area contributed by atoms with Crippen LogP contribution in [0.4, 0.5) is 8.78 Å². The molecule has 2 rings (SSSR count). The van der Waals surface area contributed by atoms with Crippen molar-refractivity contribution >= 4 is 21.8 Å². The van der Waals surface area contributed by atoms with Crippen molar-refractivity contribution in [3.63, 3.8) is 0 Å². The summed E-state index contributed by atoms with van der Waals surface area (Å²) in [6.07, 6.45) is 1.50. The first kappa shape index (κ1) is 14.6.